The summed E-state index contributed by atoms with van der Waals surface area (Å²) in [7, 11) is 0. The molecule has 0 saturated carbocycles. The van der Waals surface area contributed by atoms with Gasteiger partial charge < -0.3 is 26.2 Å². The van der Waals surface area contributed by atoms with Crippen molar-refractivity contribution in [1.82, 2.24) is 5.32 Å². The third-order valence-corrected chi connectivity index (χ3v) is 2.51. The fourth-order valence-corrected chi connectivity index (χ4v) is 1.63. The van der Waals surface area contributed by atoms with E-state index in [4.69, 9.17) is 15.6 Å². The molecule has 0 saturated heterocycles. The molecule has 21 heavy (non-hydrogen) atoms. The number of carbonyl (C=O) groups is 3. The van der Waals surface area contributed by atoms with Gasteiger partial charge in [-0.15, -0.1) is 0 Å². The number of rotatable bonds is 7. The number of hydrogen-bond donors (Lipinski definition) is 4. The molecule has 1 rings (SSSR count). The maximum absolute atomic E-state index is 11.6. The molecule has 0 unspecified atom stereocenters. The van der Waals surface area contributed by atoms with Gasteiger partial charge in [-0.2, -0.15) is 0 Å². The van der Waals surface area contributed by atoms with Gasteiger partial charge in [0.05, 0.1) is 17.9 Å². The first kappa shape index (κ1) is 16.4. The molecule has 0 aliphatic rings. The first-order valence-corrected chi connectivity index (χ1v) is 6.15. The van der Waals surface area contributed by atoms with Crippen LogP contribution >= 0.6 is 0 Å². The van der Waals surface area contributed by atoms with Gasteiger partial charge in [-0.3, -0.25) is 4.79 Å². The van der Waals surface area contributed by atoms with Gasteiger partial charge in [-0.1, -0.05) is 12.1 Å². The van der Waals surface area contributed by atoms with Crippen molar-refractivity contribution in [2.24, 2.45) is 5.73 Å². The van der Waals surface area contributed by atoms with E-state index in [1.165, 1.54) is 6.07 Å². The van der Waals surface area contributed by atoms with Gasteiger partial charge in [0, 0.05) is 6.54 Å². The highest BCUT2D eigenvalue weighted by molar-refractivity contribution is 6.01. The van der Waals surface area contributed by atoms with Crippen LogP contribution in [0.1, 0.15) is 15.9 Å². The standard InChI is InChI=1S/C13H17N3O5/c1-8-3-2-4-9(11(8)12(18)19)16-13(20)15-5-6-21-7-10(14)17/h2-4H,5-7H2,1H3,(H2,14,17)(H,18,19)(H2,15,16,20). The number of aryl methyl sites for hydroxylation is 1. The third-order valence-electron chi connectivity index (χ3n) is 2.51. The summed E-state index contributed by atoms with van der Waals surface area (Å²) in [6.07, 6.45) is 0. The number of ether oxygens (including phenoxy) is 1. The van der Waals surface area contributed by atoms with Crippen molar-refractivity contribution in [2.75, 3.05) is 25.1 Å². The number of nitrogens with two attached hydrogens (primary N) is 1. The van der Waals surface area contributed by atoms with E-state index in [9.17, 15) is 14.4 Å². The van der Waals surface area contributed by atoms with Gasteiger partial charge in [0.25, 0.3) is 0 Å². The molecule has 0 heterocycles. The van der Waals surface area contributed by atoms with Gasteiger partial charge in [-0.25, -0.2) is 9.59 Å². The predicted octanol–water partition coefficient (Wildman–Crippen LogP) is 0.317. The Labute approximate surface area is 121 Å². The number of carboxylic acids is 1. The van der Waals surface area contributed by atoms with E-state index < -0.39 is 17.9 Å². The van der Waals surface area contributed by atoms with Crippen molar-refractivity contribution in [3.05, 3.63) is 29.3 Å². The number of carboxylic acid groups (broad SMARTS) is 1. The molecule has 0 spiro atoms. The van der Waals surface area contributed by atoms with Crippen LogP contribution in [0.25, 0.3) is 0 Å². The topological polar surface area (TPSA) is 131 Å². The summed E-state index contributed by atoms with van der Waals surface area (Å²) < 4.78 is 4.87. The van der Waals surface area contributed by atoms with E-state index in [0.717, 1.165) is 0 Å². The van der Waals surface area contributed by atoms with Crippen molar-refractivity contribution in [3.63, 3.8) is 0 Å². The van der Waals surface area contributed by atoms with Crippen molar-refractivity contribution in [2.45, 2.75) is 6.92 Å². The van der Waals surface area contributed by atoms with Crippen LogP contribution in [-0.2, 0) is 9.53 Å². The first-order chi connectivity index (χ1) is 9.91. The lowest BCUT2D eigenvalue weighted by molar-refractivity contribution is -0.122. The van der Waals surface area contributed by atoms with Crippen LogP contribution in [0.5, 0.6) is 0 Å². The largest absolute Gasteiger partial charge is 0.478 e. The zero-order valence-corrected chi connectivity index (χ0v) is 11.5. The second-order valence-corrected chi connectivity index (χ2v) is 4.20. The highest BCUT2D eigenvalue weighted by Gasteiger charge is 2.14. The molecule has 8 nitrogen and oxygen atoms in total. The van der Waals surface area contributed by atoms with Crippen molar-refractivity contribution < 1.29 is 24.2 Å². The Hall–Kier alpha value is -2.61. The number of hydrogen-bond acceptors (Lipinski definition) is 4. The first-order valence-electron chi connectivity index (χ1n) is 6.15. The number of benzene rings is 1. The Morgan fingerprint density at radius 2 is 2.05 bits per heavy atom. The molecule has 0 aliphatic heterocycles. The van der Waals surface area contributed by atoms with Gasteiger partial charge in [0.2, 0.25) is 5.91 Å². The lowest BCUT2D eigenvalue weighted by atomic mass is 10.1. The van der Waals surface area contributed by atoms with Crippen molar-refractivity contribution in [3.8, 4) is 0 Å². The minimum Gasteiger partial charge on any atom is -0.478 e. The summed E-state index contributed by atoms with van der Waals surface area (Å²) >= 11 is 0. The lowest BCUT2D eigenvalue weighted by Gasteiger charge is -2.11. The average molecular weight is 295 g/mol. The fraction of sp³-hybridized carbons (Fsp3) is 0.308. The molecular formula is C13H17N3O5. The van der Waals surface area contributed by atoms with Crippen LogP contribution in [0.2, 0.25) is 0 Å². The van der Waals surface area contributed by atoms with E-state index in [1.807, 2.05) is 0 Å². The molecule has 3 amide bonds. The molecule has 0 atom stereocenters. The van der Waals surface area contributed by atoms with Crippen LogP contribution in [0, 0.1) is 6.92 Å². The molecule has 5 N–H and O–H groups in total. The molecule has 1 aromatic carbocycles. The summed E-state index contributed by atoms with van der Waals surface area (Å²) in [6, 6.07) is 4.22. The van der Waals surface area contributed by atoms with Gasteiger partial charge >= 0.3 is 12.0 Å². The number of nitrogens with one attached hydrogen (secondary N) is 2. The second kappa shape index (κ2) is 7.85. The zero-order chi connectivity index (χ0) is 15.8. The fourth-order valence-electron chi connectivity index (χ4n) is 1.63. The Kier molecular flexibility index (Phi) is 6.15. The van der Waals surface area contributed by atoms with Crippen LogP contribution < -0.4 is 16.4 Å². The number of primary amides is 1. The maximum atomic E-state index is 11.6. The number of aromatic carboxylic acids is 1. The minimum absolute atomic E-state index is 0.0395. The second-order valence-electron chi connectivity index (χ2n) is 4.20. The van der Waals surface area contributed by atoms with Crippen LogP contribution in [0.4, 0.5) is 10.5 Å². The zero-order valence-electron chi connectivity index (χ0n) is 11.5. The molecular weight excluding hydrogens is 278 g/mol. The highest BCUT2D eigenvalue weighted by Crippen LogP contribution is 2.19. The van der Waals surface area contributed by atoms with Crippen molar-refractivity contribution in [1.29, 1.82) is 0 Å². The summed E-state index contributed by atoms with van der Waals surface area (Å²) in [5, 5.41) is 14.0. The van der Waals surface area contributed by atoms with Gasteiger partial charge in [0.15, 0.2) is 0 Å². The molecule has 0 aliphatic carbocycles. The van der Waals surface area contributed by atoms with Crippen LogP contribution in [0.3, 0.4) is 0 Å². The van der Waals surface area contributed by atoms with Crippen LogP contribution in [-0.4, -0.2) is 42.8 Å². The maximum Gasteiger partial charge on any atom is 0.338 e. The van der Waals surface area contributed by atoms with E-state index in [-0.39, 0.29) is 31.0 Å². The quantitative estimate of drug-likeness (QED) is 0.538. The Bertz CT molecular complexity index is 545. The molecule has 114 valence electrons. The third kappa shape index (κ3) is 5.49. The predicted molar refractivity (Wildman–Crippen MR) is 75.2 cm³/mol. The highest BCUT2D eigenvalue weighted by atomic mass is 16.5. The number of amides is 3. The van der Waals surface area contributed by atoms with E-state index in [1.54, 1.807) is 19.1 Å². The summed E-state index contributed by atoms with van der Waals surface area (Å²) in [5.74, 6) is -1.71. The number of carbonyl (C=O) groups excluding carboxylic acids is 2. The van der Waals surface area contributed by atoms with E-state index >= 15 is 0 Å². The number of urea groups is 1. The molecule has 1 aromatic rings. The van der Waals surface area contributed by atoms with E-state index in [2.05, 4.69) is 10.6 Å². The molecule has 0 radical (unpaired) electrons. The summed E-state index contributed by atoms with van der Waals surface area (Å²) in [5.41, 5.74) is 5.67. The summed E-state index contributed by atoms with van der Waals surface area (Å²) in [6.45, 7) is 1.71. The van der Waals surface area contributed by atoms with Crippen LogP contribution in [0.15, 0.2) is 18.2 Å². The molecule has 8 heteroatoms. The average Bonchev–Trinajstić information content (AvgIpc) is 2.37. The van der Waals surface area contributed by atoms with E-state index in [0.29, 0.717) is 5.56 Å². The summed E-state index contributed by atoms with van der Waals surface area (Å²) in [4.78, 5) is 33.2. The van der Waals surface area contributed by atoms with Crippen molar-refractivity contribution >= 4 is 23.6 Å². The smallest absolute Gasteiger partial charge is 0.338 e. The molecule has 0 aromatic heterocycles. The SMILES string of the molecule is Cc1cccc(NC(=O)NCCOCC(N)=O)c1C(=O)O. The van der Waals surface area contributed by atoms with Gasteiger partial charge in [0.1, 0.15) is 6.61 Å². The Morgan fingerprint density at radius 3 is 2.67 bits per heavy atom. The monoisotopic (exact) mass is 295 g/mol. The Balaban J connectivity index is 2.50. The molecule has 0 bridgehead atoms. The Morgan fingerprint density at radius 1 is 1.33 bits per heavy atom. The van der Waals surface area contributed by atoms with Gasteiger partial charge in [-0.05, 0) is 18.6 Å². The molecule has 0 fully saturated rings. The lowest BCUT2D eigenvalue weighted by Crippen LogP contribution is -2.33. The normalized spacial score (nSPS) is 9.95. The minimum atomic E-state index is -1.12. The number of anilines is 1.